The third kappa shape index (κ3) is 3.08. The molecule has 0 radical (unpaired) electrons. The van der Waals surface area contributed by atoms with Gasteiger partial charge in [0.05, 0.1) is 12.1 Å². The van der Waals surface area contributed by atoms with Crippen LogP contribution in [0.1, 0.15) is 30.1 Å². The first-order chi connectivity index (χ1) is 10.5. The van der Waals surface area contributed by atoms with Crippen molar-refractivity contribution < 1.29 is 13.9 Å². The Labute approximate surface area is 135 Å². The van der Waals surface area contributed by atoms with Crippen molar-refractivity contribution in [3.8, 4) is 0 Å². The van der Waals surface area contributed by atoms with E-state index in [0.717, 1.165) is 23.9 Å². The van der Waals surface area contributed by atoms with Crippen LogP contribution in [0.3, 0.4) is 0 Å². The lowest BCUT2D eigenvalue weighted by Crippen LogP contribution is -2.42. The van der Waals surface area contributed by atoms with Gasteiger partial charge in [-0.05, 0) is 44.0 Å². The highest BCUT2D eigenvalue weighted by atomic mass is 79.9. The number of amides is 1. The molecule has 0 saturated carbocycles. The van der Waals surface area contributed by atoms with Crippen molar-refractivity contribution in [3.05, 3.63) is 44.7 Å². The van der Waals surface area contributed by atoms with Crippen molar-refractivity contribution >= 4 is 32.8 Å². The first kappa shape index (κ1) is 15.2. The molecule has 2 heterocycles. The van der Waals surface area contributed by atoms with Crippen molar-refractivity contribution in [2.24, 2.45) is 0 Å². The molecule has 22 heavy (non-hydrogen) atoms. The van der Waals surface area contributed by atoms with Crippen molar-refractivity contribution in [1.82, 2.24) is 5.32 Å². The van der Waals surface area contributed by atoms with E-state index in [-0.39, 0.29) is 17.7 Å². The smallest absolute Gasteiger partial charge is 0.349 e. The summed E-state index contributed by atoms with van der Waals surface area (Å²) in [4.78, 5) is 24.3. The monoisotopic (exact) mass is 365 g/mol. The fourth-order valence-electron chi connectivity index (χ4n) is 2.63. The van der Waals surface area contributed by atoms with E-state index in [9.17, 15) is 9.59 Å². The molecule has 0 unspecified atom stereocenters. The van der Waals surface area contributed by atoms with E-state index in [1.165, 1.54) is 0 Å². The van der Waals surface area contributed by atoms with Gasteiger partial charge in [-0.15, -0.1) is 0 Å². The SMILES string of the molecule is C[C@H](NC(=O)c1cc2cc(Br)ccc2oc1=O)[C@H]1CCCO1. The summed E-state index contributed by atoms with van der Waals surface area (Å²) in [7, 11) is 0. The normalized spacial score (nSPS) is 19.3. The van der Waals surface area contributed by atoms with Crippen molar-refractivity contribution in [3.63, 3.8) is 0 Å². The molecule has 5 nitrogen and oxygen atoms in total. The molecular weight excluding hydrogens is 350 g/mol. The minimum Gasteiger partial charge on any atom is -0.422 e. The minimum absolute atomic E-state index is 0.00518. The summed E-state index contributed by atoms with van der Waals surface area (Å²) in [6.45, 7) is 2.60. The van der Waals surface area contributed by atoms with Crippen LogP contribution in [-0.2, 0) is 4.74 Å². The summed E-state index contributed by atoms with van der Waals surface area (Å²) in [5.74, 6) is -0.432. The van der Waals surface area contributed by atoms with Crippen molar-refractivity contribution in [2.75, 3.05) is 6.61 Å². The second-order valence-corrected chi connectivity index (χ2v) is 6.36. The number of halogens is 1. The second kappa shape index (κ2) is 6.22. The van der Waals surface area contributed by atoms with E-state index in [4.69, 9.17) is 9.15 Å². The Balaban J connectivity index is 1.86. The summed E-state index contributed by atoms with van der Waals surface area (Å²) < 4.78 is 11.6. The van der Waals surface area contributed by atoms with Crippen LogP contribution < -0.4 is 10.9 Å². The number of hydrogen-bond acceptors (Lipinski definition) is 4. The molecule has 3 rings (SSSR count). The minimum atomic E-state index is -0.633. The molecule has 0 bridgehead atoms. The standard InChI is InChI=1S/C16H16BrNO4/c1-9(13-3-2-6-21-13)18-15(19)12-8-10-7-11(17)4-5-14(10)22-16(12)20/h4-5,7-9,13H,2-3,6H2,1H3,(H,18,19)/t9-,13+/m0/s1. The third-order valence-electron chi connectivity index (χ3n) is 3.82. The Morgan fingerprint density at radius 2 is 2.23 bits per heavy atom. The van der Waals surface area contributed by atoms with Gasteiger partial charge in [0.2, 0.25) is 0 Å². The lowest BCUT2D eigenvalue weighted by molar-refractivity contribution is 0.0710. The fourth-order valence-corrected chi connectivity index (χ4v) is 3.01. The van der Waals surface area contributed by atoms with Crippen LogP contribution in [-0.4, -0.2) is 24.7 Å². The van der Waals surface area contributed by atoms with E-state index < -0.39 is 11.5 Å². The van der Waals surface area contributed by atoms with Crippen LogP contribution in [0.25, 0.3) is 11.0 Å². The third-order valence-corrected chi connectivity index (χ3v) is 4.31. The summed E-state index contributed by atoms with van der Waals surface area (Å²) in [6, 6.07) is 6.69. The van der Waals surface area contributed by atoms with Crippen LogP contribution in [0.15, 0.2) is 37.9 Å². The molecule has 116 valence electrons. The van der Waals surface area contributed by atoms with Crippen LogP contribution >= 0.6 is 15.9 Å². The summed E-state index contributed by atoms with van der Waals surface area (Å²) in [5.41, 5.74) is -0.167. The zero-order valence-corrected chi connectivity index (χ0v) is 13.7. The van der Waals surface area contributed by atoms with Gasteiger partial charge < -0.3 is 14.5 Å². The molecule has 1 saturated heterocycles. The number of benzene rings is 1. The molecule has 1 aromatic carbocycles. The lowest BCUT2D eigenvalue weighted by Gasteiger charge is -2.19. The summed E-state index contributed by atoms with van der Waals surface area (Å²) >= 11 is 3.36. The maximum atomic E-state index is 12.3. The van der Waals surface area contributed by atoms with Gasteiger partial charge in [0, 0.05) is 16.5 Å². The molecule has 0 spiro atoms. The highest BCUT2D eigenvalue weighted by molar-refractivity contribution is 9.10. The van der Waals surface area contributed by atoms with Gasteiger partial charge >= 0.3 is 5.63 Å². The molecule has 1 aromatic heterocycles. The number of ether oxygens (including phenoxy) is 1. The molecule has 2 atom stereocenters. The van der Waals surface area contributed by atoms with Crippen molar-refractivity contribution in [1.29, 1.82) is 0 Å². The zero-order valence-electron chi connectivity index (χ0n) is 12.1. The van der Waals surface area contributed by atoms with Crippen LogP contribution in [0.2, 0.25) is 0 Å². The molecule has 1 amide bonds. The number of fused-ring (bicyclic) bond motifs is 1. The Morgan fingerprint density at radius 1 is 1.41 bits per heavy atom. The predicted molar refractivity (Wildman–Crippen MR) is 86.1 cm³/mol. The number of carbonyl (C=O) groups is 1. The molecule has 0 aliphatic carbocycles. The van der Waals surface area contributed by atoms with Gasteiger partial charge in [-0.3, -0.25) is 4.79 Å². The maximum absolute atomic E-state index is 12.3. The summed E-state index contributed by atoms with van der Waals surface area (Å²) in [6.07, 6.45) is 1.92. The van der Waals surface area contributed by atoms with Gasteiger partial charge in [-0.1, -0.05) is 15.9 Å². The van der Waals surface area contributed by atoms with Gasteiger partial charge in [0.15, 0.2) is 0 Å². The lowest BCUT2D eigenvalue weighted by atomic mass is 10.1. The number of rotatable bonds is 3. The largest absolute Gasteiger partial charge is 0.422 e. The number of carbonyl (C=O) groups excluding carboxylic acids is 1. The molecule has 1 fully saturated rings. The predicted octanol–water partition coefficient (Wildman–Crippen LogP) is 2.85. The Bertz CT molecular complexity index is 764. The van der Waals surface area contributed by atoms with Crippen LogP contribution in [0, 0.1) is 0 Å². The number of nitrogens with one attached hydrogen (secondary N) is 1. The van der Waals surface area contributed by atoms with Gasteiger partial charge in [-0.25, -0.2) is 4.79 Å². The quantitative estimate of drug-likeness (QED) is 0.849. The van der Waals surface area contributed by atoms with Crippen LogP contribution in [0.4, 0.5) is 0 Å². The first-order valence-electron chi connectivity index (χ1n) is 7.20. The molecular formula is C16H16BrNO4. The fraction of sp³-hybridized carbons (Fsp3) is 0.375. The second-order valence-electron chi connectivity index (χ2n) is 5.44. The van der Waals surface area contributed by atoms with E-state index in [1.807, 2.05) is 6.92 Å². The van der Waals surface area contributed by atoms with E-state index in [0.29, 0.717) is 11.0 Å². The highest BCUT2D eigenvalue weighted by Crippen LogP contribution is 2.20. The van der Waals surface area contributed by atoms with E-state index in [2.05, 4.69) is 21.2 Å². The molecule has 6 heteroatoms. The van der Waals surface area contributed by atoms with Gasteiger partial charge in [0.25, 0.3) is 5.91 Å². The van der Waals surface area contributed by atoms with Crippen molar-refractivity contribution in [2.45, 2.75) is 31.9 Å². The molecule has 1 N–H and O–H groups in total. The molecule has 1 aliphatic rings. The van der Waals surface area contributed by atoms with Gasteiger partial charge in [-0.2, -0.15) is 0 Å². The zero-order chi connectivity index (χ0) is 15.7. The Morgan fingerprint density at radius 3 is 2.95 bits per heavy atom. The average Bonchev–Trinajstić information content (AvgIpc) is 3.01. The first-order valence-corrected chi connectivity index (χ1v) is 8.00. The molecule has 1 aliphatic heterocycles. The Kier molecular flexibility index (Phi) is 4.31. The maximum Gasteiger partial charge on any atom is 0.349 e. The number of hydrogen-bond donors (Lipinski definition) is 1. The van der Waals surface area contributed by atoms with Crippen LogP contribution in [0.5, 0.6) is 0 Å². The molecule has 2 aromatic rings. The van der Waals surface area contributed by atoms with E-state index in [1.54, 1.807) is 24.3 Å². The van der Waals surface area contributed by atoms with Gasteiger partial charge in [0.1, 0.15) is 11.1 Å². The average molecular weight is 366 g/mol. The van der Waals surface area contributed by atoms with E-state index >= 15 is 0 Å². The topological polar surface area (TPSA) is 68.5 Å². The highest BCUT2D eigenvalue weighted by Gasteiger charge is 2.25. The Hall–Kier alpha value is -1.66. The summed E-state index contributed by atoms with van der Waals surface area (Å²) in [5, 5.41) is 3.52.